The van der Waals surface area contributed by atoms with Crippen LogP contribution in [-0.2, 0) is 20.0 Å². The first-order chi connectivity index (χ1) is 13.2. The van der Waals surface area contributed by atoms with Gasteiger partial charge in [0.2, 0.25) is 0 Å². The predicted octanol–water partition coefficient (Wildman–Crippen LogP) is 2.15. The molecule has 0 aliphatic carbocycles. The van der Waals surface area contributed by atoms with Crippen LogP contribution in [0.3, 0.4) is 0 Å². The zero-order chi connectivity index (χ0) is 18.6. The summed E-state index contributed by atoms with van der Waals surface area (Å²) in [5.74, 6) is 1.70. The summed E-state index contributed by atoms with van der Waals surface area (Å²) in [5.41, 5.74) is 1.84. The van der Waals surface area contributed by atoms with Crippen molar-refractivity contribution in [2.45, 2.75) is 25.8 Å². The molecule has 1 aliphatic heterocycles. The lowest BCUT2D eigenvalue weighted by molar-refractivity contribution is 0.0689. The predicted molar refractivity (Wildman–Crippen MR) is 101 cm³/mol. The highest BCUT2D eigenvalue weighted by atomic mass is 16.2. The first kappa shape index (κ1) is 17.5. The van der Waals surface area contributed by atoms with Gasteiger partial charge in [0.05, 0.1) is 6.54 Å². The number of aryl methyl sites for hydroxylation is 1. The highest BCUT2D eigenvalue weighted by Gasteiger charge is 2.24. The Morgan fingerprint density at radius 3 is 2.78 bits per heavy atom. The van der Waals surface area contributed by atoms with Gasteiger partial charge in [-0.3, -0.25) is 9.48 Å². The van der Waals surface area contributed by atoms with Crippen molar-refractivity contribution in [3.8, 4) is 0 Å². The van der Waals surface area contributed by atoms with Crippen molar-refractivity contribution in [3.63, 3.8) is 0 Å². The van der Waals surface area contributed by atoms with Gasteiger partial charge >= 0.3 is 0 Å². The molecule has 0 spiro atoms. The van der Waals surface area contributed by atoms with E-state index in [2.05, 4.69) is 15.3 Å². The van der Waals surface area contributed by atoms with E-state index in [4.69, 9.17) is 0 Å². The van der Waals surface area contributed by atoms with Crippen molar-refractivity contribution in [3.05, 3.63) is 66.0 Å². The Morgan fingerprint density at radius 1 is 1.22 bits per heavy atom. The van der Waals surface area contributed by atoms with Crippen LogP contribution in [0.4, 0.5) is 0 Å². The number of benzene rings is 1. The first-order valence-electron chi connectivity index (χ1n) is 9.37. The molecule has 0 N–H and O–H groups in total. The normalized spacial score (nSPS) is 15.2. The number of rotatable bonds is 5. The third-order valence-electron chi connectivity index (χ3n) is 5.26. The Balaban J connectivity index is 1.36. The monoisotopic (exact) mass is 364 g/mol. The summed E-state index contributed by atoms with van der Waals surface area (Å²) in [6.45, 7) is 2.27. The summed E-state index contributed by atoms with van der Waals surface area (Å²) in [6, 6.07) is 9.77. The number of piperidine rings is 1. The van der Waals surface area contributed by atoms with Crippen LogP contribution in [0, 0.1) is 5.92 Å². The van der Waals surface area contributed by atoms with Gasteiger partial charge in [-0.15, -0.1) is 10.2 Å². The summed E-state index contributed by atoms with van der Waals surface area (Å²) in [7, 11) is 1.98. The zero-order valence-electron chi connectivity index (χ0n) is 15.5. The van der Waals surface area contributed by atoms with Gasteiger partial charge in [0.1, 0.15) is 12.2 Å². The molecule has 0 bridgehead atoms. The maximum absolute atomic E-state index is 12.9. The van der Waals surface area contributed by atoms with E-state index in [1.54, 1.807) is 12.5 Å². The van der Waals surface area contributed by atoms with Crippen LogP contribution in [0.15, 0.2) is 49.1 Å². The van der Waals surface area contributed by atoms with Crippen molar-refractivity contribution >= 4 is 5.91 Å². The van der Waals surface area contributed by atoms with E-state index in [1.165, 1.54) is 0 Å². The van der Waals surface area contributed by atoms with E-state index in [0.717, 1.165) is 49.3 Å². The van der Waals surface area contributed by atoms with Gasteiger partial charge in [-0.1, -0.05) is 12.1 Å². The van der Waals surface area contributed by atoms with Crippen LogP contribution < -0.4 is 0 Å². The SMILES string of the molecule is Cn1cnnc1CC1CCN(C(=O)c2cccc(Cn3cccn3)c2)CC1. The second-order valence-electron chi connectivity index (χ2n) is 7.20. The maximum atomic E-state index is 12.9. The van der Waals surface area contributed by atoms with Crippen LogP contribution in [0.2, 0.25) is 0 Å². The van der Waals surface area contributed by atoms with E-state index >= 15 is 0 Å². The van der Waals surface area contributed by atoms with Gasteiger partial charge in [0.15, 0.2) is 0 Å². The minimum absolute atomic E-state index is 0.120. The number of hydrogen-bond acceptors (Lipinski definition) is 4. The summed E-state index contributed by atoms with van der Waals surface area (Å²) in [5, 5.41) is 12.4. The summed E-state index contributed by atoms with van der Waals surface area (Å²) in [6.07, 6.45) is 8.37. The fourth-order valence-electron chi connectivity index (χ4n) is 3.66. The molecule has 1 saturated heterocycles. The Morgan fingerprint density at radius 2 is 2.07 bits per heavy atom. The van der Waals surface area contributed by atoms with E-state index in [0.29, 0.717) is 12.5 Å². The highest BCUT2D eigenvalue weighted by Crippen LogP contribution is 2.22. The van der Waals surface area contributed by atoms with Crippen molar-refractivity contribution < 1.29 is 4.79 Å². The van der Waals surface area contributed by atoms with E-state index in [-0.39, 0.29) is 5.91 Å². The number of nitrogens with zero attached hydrogens (tertiary/aromatic N) is 6. The third kappa shape index (κ3) is 4.07. The number of aromatic nitrogens is 5. The number of carbonyl (C=O) groups is 1. The molecule has 4 rings (SSSR count). The van der Waals surface area contributed by atoms with E-state index < -0.39 is 0 Å². The fourth-order valence-corrected chi connectivity index (χ4v) is 3.66. The molecule has 3 heterocycles. The average molecular weight is 364 g/mol. The molecule has 1 amide bonds. The number of carbonyl (C=O) groups excluding carboxylic acids is 1. The fraction of sp³-hybridized carbons (Fsp3) is 0.400. The lowest BCUT2D eigenvalue weighted by Crippen LogP contribution is -2.39. The Kier molecular flexibility index (Phi) is 5.00. The molecule has 0 atom stereocenters. The molecule has 2 aromatic heterocycles. The van der Waals surface area contributed by atoms with Crippen LogP contribution >= 0.6 is 0 Å². The van der Waals surface area contributed by atoms with Gasteiger partial charge in [-0.2, -0.15) is 5.10 Å². The number of likely N-dealkylation sites (tertiary alicyclic amines) is 1. The van der Waals surface area contributed by atoms with E-state index in [9.17, 15) is 4.79 Å². The molecule has 27 heavy (non-hydrogen) atoms. The summed E-state index contributed by atoms with van der Waals surface area (Å²) < 4.78 is 3.84. The third-order valence-corrected chi connectivity index (χ3v) is 5.26. The lowest BCUT2D eigenvalue weighted by Gasteiger charge is -2.32. The van der Waals surface area contributed by atoms with Crippen LogP contribution in [0.1, 0.15) is 34.6 Å². The lowest BCUT2D eigenvalue weighted by atomic mass is 9.93. The quantitative estimate of drug-likeness (QED) is 0.696. The molecule has 1 fully saturated rings. The Bertz CT molecular complexity index is 893. The number of hydrogen-bond donors (Lipinski definition) is 0. The van der Waals surface area contributed by atoms with E-state index in [1.807, 2.05) is 57.7 Å². The Labute approximate surface area is 158 Å². The van der Waals surface area contributed by atoms with Gasteiger partial charge in [-0.05, 0) is 42.5 Å². The molecule has 140 valence electrons. The standard InChI is InChI=1S/C20H24N6O/c1-24-15-21-23-19(24)13-16-6-10-25(11-7-16)20(27)18-5-2-4-17(12-18)14-26-9-3-8-22-26/h2-5,8-9,12,15-16H,6-7,10-11,13-14H2,1H3. The second kappa shape index (κ2) is 7.73. The molecular weight excluding hydrogens is 340 g/mol. The van der Waals surface area contributed by atoms with Crippen LogP contribution in [-0.4, -0.2) is 48.4 Å². The highest BCUT2D eigenvalue weighted by molar-refractivity contribution is 5.94. The molecule has 1 aromatic carbocycles. The molecule has 1 aliphatic rings. The molecule has 7 heteroatoms. The smallest absolute Gasteiger partial charge is 0.253 e. The largest absolute Gasteiger partial charge is 0.339 e. The minimum Gasteiger partial charge on any atom is -0.339 e. The van der Waals surface area contributed by atoms with Gasteiger partial charge < -0.3 is 9.47 Å². The Hall–Kier alpha value is -2.96. The van der Waals surface area contributed by atoms with Gasteiger partial charge in [0.25, 0.3) is 5.91 Å². The average Bonchev–Trinajstić information content (AvgIpc) is 3.34. The molecule has 0 saturated carbocycles. The van der Waals surface area contributed by atoms with Crippen molar-refractivity contribution in [1.29, 1.82) is 0 Å². The van der Waals surface area contributed by atoms with Crippen molar-refractivity contribution in [2.75, 3.05) is 13.1 Å². The summed E-state index contributed by atoms with van der Waals surface area (Å²) >= 11 is 0. The maximum Gasteiger partial charge on any atom is 0.253 e. The molecule has 0 unspecified atom stereocenters. The molecular formula is C20H24N6O. The molecule has 3 aromatic rings. The summed E-state index contributed by atoms with van der Waals surface area (Å²) in [4.78, 5) is 14.9. The molecule has 0 radical (unpaired) electrons. The van der Waals surface area contributed by atoms with Crippen LogP contribution in [0.5, 0.6) is 0 Å². The minimum atomic E-state index is 0.120. The molecule has 7 nitrogen and oxygen atoms in total. The van der Waals surface area contributed by atoms with Crippen molar-refractivity contribution in [2.24, 2.45) is 13.0 Å². The second-order valence-corrected chi connectivity index (χ2v) is 7.20. The first-order valence-corrected chi connectivity index (χ1v) is 9.37. The topological polar surface area (TPSA) is 68.8 Å². The van der Waals surface area contributed by atoms with Gasteiger partial charge in [0, 0.05) is 44.5 Å². The number of amides is 1. The van der Waals surface area contributed by atoms with Crippen molar-refractivity contribution in [1.82, 2.24) is 29.4 Å². The van der Waals surface area contributed by atoms with Gasteiger partial charge in [-0.25, -0.2) is 0 Å². The van der Waals surface area contributed by atoms with Crippen LogP contribution in [0.25, 0.3) is 0 Å². The zero-order valence-corrected chi connectivity index (χ0v) is 15.5.